The van der Waals surface area contributed by atoms with Gasteiger partial charge in [-0.25, -0.2) is 0 Å². The Labute approximate surface area is 181 Å². The van der Waals surface area contributed by atoms with Crippen LogP contribution in [0.5, 0.6) is 0 Å². The summed E-state index contributed by atoms with van der Waals surface area (Å²) < 4.78 is 0. The molecule has 30 heavy (non-hydrogen) atoms. The summed E-state index contributed by atoms with van der Waals surface area (Å²) in [6, 6.07) is 18.4. The smallest absolute Gasteiger partial charge is 0.227 e. The van der Waals surface area contributed by atoms with Crippen molar-refractivity contribution in [2.45, 2.75) is 26.2 Å². The summed E-state index contributed by atoms with van der Waals surface area (Å²) in [5.74, 6) is -0.271. The average molecular weight is 419 g/mol. The number of carbonyl (C=O) groups excluding carboxylic acids is 2. The Hall–Kier alpha value is -2.92. The second kappa shape index (κ2) is 8.44. The number of aryl methyl sites for hydroxylation is 1. The molecule has 1 atom stereocenters. The third kappa shape index (κ3) is 4.31. The minimum absolute atomic E-state index is 0.0523. The van der Waals surface area contributed by atoms with E-state index in [2.05, 4.69) is 41.1 Å². The largest absolute Gasteiger partial charge is 0.369 e. The van der Waals surface area contributed by atoms with Crippen LogP contribution in [0.1, 0.15) is 23.1 Å². The SMILES string of the molecule is Cc1cccc(CC(=O)N2CC[C@@](Cc3ccc(-c4ccsc4)cc3)(C(N)=O)C2)c1. The molecule has 1 aliphatic rings. The lowest BCUT2D eigenvalue weighted by molar-refractivity contribution is -0.131. The summed E-state index contributed by atoms with van der Waals surface area (Å²) in [5, 5.41) is 4.18. The number of nitrogens with zero attached hydrogens (tertiary/aromatic N) is 1. The van der Waals surface area contributed by atoms with Crippen LogP contribution >= 0.6 is 11.3 Å². The Morgan fingerprint density at radius 2 is 1.87 bits per heavy atom. The molecule has 1 saturated heterocycles. The Morgan fingerprint density at radius 3 is 2.53 bits per heavy atom. The second-order valence-electron chi connectivity index (χ2n) is 8.26. The number of rotatable bonds is 6. The molecule has 2 amide bonds. The monoisotopic (exact) mass is 418 g/mol. The van der Waals surface area contributed by atoms with Gasteiger partial charge in [0, 0.05) is 13.1 Å². The maximum atomic E-state index is 12.8. The van der Waals surface area contributed by atoms with Crippen molar-refractivity contribution < 1.29 is 9.59 Å². The van der Waals surface area contributed by atoms with Crippen molar-refractivity contribution in [3.63, 3.8) is 0 Å². The van der Waals surface area contributed by atoms with E-state index >= 15 is 0 Å². The minimum atomic E-state index is -0.702. The zero-order valence-corrected chi connectivity index (χ0v) is 18.0. The standard InChI is InChI=1S/C25H26N2O2S/c1-18-3-2-4-20(13-18)14-23(28)27-11-10-25(17-27,24(26)29)15-19-5-7-21(8-6-19)22-9-12-30-16-22/h2-9,12-13,16H,10-11,14-15,17H2,1H3,(H2,26,29)/t25-/m0/s1. The number of amides is 2. The Morgan fingerprint density at radius 1 is 1.07 bits per heavy atom. The van der Waals surface area contributed by atoms with Gasteiger partial charge in [-0.2, -0.15) is 11.3 Å². The van der Waals surface area contributed by atoms with Crippen molar-refractivity contribution in [3.05, 3.63) is 82.0 Å². The molecule has 2 heterocycles. The molecule has 2 N–H and O–H groups in total. The van der Waals surface area contributed by atoms with Crippen molar-refractivity contribution in [3.8, 4) is 11.1 Å². The number of benzene rings is 2. The molecule has 0 aliphatic carbocycles. The molecule has 154 valence electrons. The molecule has 5 heteroatoms. The third-order valence-corrected chi connectivity index (χ3v) is 6.70. The van der Waals surface area contributed by atoms with Crippen molar-refractivity contribution in [1.29, 1.82) is 0 Å². The van der Waals surface area contributed by atoms with Gasteiger partial charge in [0.25, 0.3) is 0 Å². The van der Waals surface area contributed by atoms with Gasteiger partial charge in [-0.05, 0) is 58.8 Å². The fourth-order valence-electron chi connectivity index (χ4n) is 4.26. The predicted molar refractivity (Wildman–Crippen MR) is 121 cm³/mol. The van der Waals surface area contributed by atoms with Crippen molar-refractivity contribution in [2.75, 3.05) is 13.1 Å². The number of carbonyl (C=O) groups is 2. The predicted octanol–water partition coefficient (Wildman–Crippen LogP) is 4.21. The Bertz CT molecular complexity index is 1040. The van der Waals surface area contributed by atoms with Gasteiger partial charge in [-0.15, -0.1) is 0 Å². The Kier molecular flexibility index (Phi) is 5.73. The number of nitrogens with two attached hydrogens (primary N) is 1. The molecule has 4 nitrogen and oxygen atoms in total. The molecule has 0 spiro atoms. The lowest BCUT2D eigenvalue weighted by Gasteiger charge is -2.26. The van der Waals surface area contributed by atoms with E-state index in [-0.39, 0.29) is 11.8 Å². The van der Waals surface area contributed by atoms with Gasteiger partial charge < -0.3 is 10.6 Å². The van der Waals surface area contributed by atoms with Crippen molar-refractivity contribution in [1.82, 2.24) is 4.90 Å². The molecule has 0 bridgehead atoms. The van der Waals surface area contributed by atoms with Crippen LogP contribution in [0.4, 0.5) is 0 Å². The first-order valence-electron chi connectivity index (χ1n) is 10.2. The molecule has 4 rings (SSSR count). The lowest BCUT2D eigenvalue weighted by atomic mass is 9.80. The van der Waals surface area contributed by atoms with Crippen molar-refractivity contribution >= 4 is 23.2 Å². The molecule has 1 fully saturated rings. The Balaban J connectivity index is 1.46. The van der Waals surface area contributed by atoms with Gasteiger partial charge in [-0.3, -0.25) is 9.59 Å². The molecule has 0 saturated carbocycles. The summed E-state index contributed by atoms with van der Waals surface area (Å²) in [6.45, 7) is 2.98. The molecule has 2 aromatic carbocycles. The molecule has 1 aromatic heterocycles. The summed E-state index contributed by atoms with van der Waals surface area (Å²) in [6.07, 6.45) is 1.51. The molecular weight excluding hydrogens is 392 g/mol. The van der Waals surface area contributed by atoms with Gasteiger partial charge in [0.1, 0.15) is 0 Å². The van der Waals surface area contributed by atoms with Crippen LogP contribution in [-0.4, -0.2) is 29.8 Å². The number of hydrogen-bond donors (Lipinski definition) is 1. The molecule has 0 unspecified atom stereocenters. The zero-order valence-electron chi connectivity index (χ0n) is 17.1. The van der Waals surface area contributed by atoms with Gasteiger partial charge in [-0.1, -0.05) is 54.1 Å². The van der Waals surface area contributed by atoms with Crippen LogP contribution in [0.15, 0.2) is 65.4 Å². The number of likely N-dealkylation sites (tertiary alicyclic amines) is 1. The second-order valence-corrected chi connectivity index (χ2v) is 9.04. The van der Waals surface area contributed by atoms with E-state index in [4.69, 9.17) is 5.73 Å². The number of primary amides is 1. The summed E-state index contributed by atoms with van der Waals surface area (Å²) >= 11 is 1.67. The minimum Gasteiger partial charge on any atom is -0.369 e. The first-order chi connectivity index (χ1) is 14.4. The van der Waals surface area contributed by atoms with Gasteiger partial charge in [0.2, 0.25) is 11.8 Å². The zero-order chi connectivity index (χ0) is 21.1. The van der Waals surface area contributed by atoms with Gasteiger partial charge in [0.05, 0.1) is 11.8 Å². The summed E-state index contributed by atoms with van der Waals surface area (Å²) in [7, 11) is 0. The van der Waals surface area contributed by atoms with E-state index in [1.54, 1.807) is 16.2 Å². The van der Waals surface area contributed by atoms with E-state index in [1.807, 2.05) is 31.2 Å². The van der Waals surface area contributed by atoms with E-state index < -0.39 is 5.41 Å². The van der Waals surface area contributed by atoms with Crippen LogP contribution in [0, 0.1) is 12.3 Å². The fraction of sp³-hybridized carbons (Fsp3) is 0.280. The third-order valence-electron chi connectivity index (χ3n) is 6.02. The topological polar surface area (TPSA) is 63.4 Å². The van der Waals surface area contributed by atoms with E-state index in [9.17, 15) is 9.59 Å². The van der Waals surface area contributed by atoms with E-state index in [1.165, 1.54) is 5.56 Å². The van der Waals surface area contributed by atoms with E-state index in [0.717, 1.165) is 22.3 Å². The van der Waals surface area contributed by atoms with Gasteiger partial charge in [0.15, 0.2) is 0 Å². The quantitative estimate of drug-likeness (QED) is 0.652. The van der Waals surface area contributed by atoms with Crippen LogP contribution in [0.2, 0.25) is 0 Å². The first-order valence-corrected chi connectivity index (χ1v) is 11.1. The molecule has 0 radical (unpaired) electrons. The highest BCUT2D eigenvalue weighted by molar-refractivity contribution is 7.08. The average Bonchev–Trinajstić information content (AvgIpc) is 3.40. The number of thiophene rings is 1. The first kappa shape index (κ1) is 20.4. The molecular formula is C25H26N2O2S. The maximum absolute atomic E-state index is 12.8. The fourth-order valence-corrected chi connectivity index (χ4v) is 4.93. The summed E-state index contributed by atoms with van der Waals surface area (Å²) in [5.41, 5.74) is 10.7. The van der Waals surface area contributed by atoms with Crippen LogP contribution < -0.4 is 5.73 Å². The van der Waals surface area contributed by atoms with Crippen LogP contribution in [0.25, 0.3) is 11.1 Å². The highest BCUT2D eigenvalue weighted by Crippen LogP contribution is 2.35. The summed E-state index contributed by atoms with van der Waals surface area (Å²) in [4.78, 5) is 27.1. The number of hydrogen-bond acceptors (Lipinski definition) is 3. The normalized spacial score (nSPS) is 18.5. The van der Waals surface area contributed by atoms with Gasteiger partial charge >= 0.3 is 0 Å². The van der Waals surface area contributed by atoms with Crippen molar-refractivity contribution in [2.24, 2.45) is 11.1 Å². The maximum Gasteiger partial charge on any atom is 0.227 e. The van der Waals surface area contributed by atoms with Crippen LogP contribution in [0.3, 0.4) is 0 Å². The van der Waals surface area contributed by atoms with E-state index in [0.29, 0.717) is 32.4 Å². The molecule has 3 aromatic rings. The highest BCUT2D eigenvalue weighted by atomic mass is 32.1. The highest BCUT2D eigenvalue weighted by Gasteiger charge is 2.44. The van der Waals surface area contributed by atoms with Crippen LogP contribution in [-0.2, 0) is 22.4 Å². The lowest BCUT2D eigenvalue weighted by Crippen LogP contribution is -2.42. The molecule has 1 aliphatic heterocycles.